The minimum atomic E-state index is -2.96. The van der Waals surface area contributed by atoms with Crippen LogP contribution in [0.25, 0.3) is 0 Å². The maximum absolute atomic E-state index is 12.7. The van der Waals surface area contributed by atoms with Crippen LogP contribution in [-0.4, -0.2) is 40.8 Å². The molecule has 1 aromatic carbocycles. The number of ether oxygens (including phenoxy) is 1. The maximum Gasteiger partial charge on any atom is 0.387 e. The van der Waals surface area contributed by atoms with Gasteiger partial charge in [-0.2, -0.15) is 8.78 Å². The van der Waals surface area contributed by atoms with Gasteiger partial charge in [-0.25, -0.2) is 9.78 Å². The summed E-state index contributed by atoms with van der Waals surface area (Å²) < 4.78 is 28.7. The van der Waals surface area contributed by atoms with Crippen LogP contribution in [0.3, 0.4) is 0 Å². The van der Waals surface area contributed by atoms with Crippen molar-refractivity contribution in [2.24, 2.45) is 0 Å². The summed E-state index contributed by atoms with van der Waals surface area (Å²) in [4.78, 5) is 41.7. The first-order valence-corrected chi connectivity index (χ1v) is 8.31. The number of hydrogen-bond acceptors (Lipinski definition) is 6. The monoisotopic (exact) mass is 381 g/mol. The summed E-state index contributed by atoms with van der Waals surface area (Å²) in [6, 6.07) is 4.64. The summed E-state index contributed by atoms with van der Waals surface area (Å²) in [5, 5.41) is 4.36. The number of imide groups is 1. The van der Waals surface area contributed by atoms with Crippen molar-refractivity contribution < 1.29 is 27.9 Å². The molecule has 1 aliphatic rings. The van der Waals surface area contributed by atoms with E-state index in [1.165, 1.54) is 37.4 Å². The molecule has 1 unspecified atom stereocenters. The van der Waals surface area contributed by atoms with Gasteiger partial charge < -0.3 is 10.1 Å². The van der Waals surface area contributed by atoms with Gasteiger partial charge in [0, 0.05) is 11.6 Å². The van der Waals surface area contributed by atoms with Crippen LogP contribution < -0.4 is 10.1 Å². The van der Waals surface area contributed by atoms with Crippen molar-refractivity contribution in [1.29, 1.82) is 0 Å². The van der Waals surface area contributed by atoms with Crippen molar-refractivity contribution in [3.05, 3.63) is 46.4 Å². The number of ketones is 1. The van der Waals surface area contributed by atoms with Crippen molar-refractivity contribution in [2.45, 2.75) is 19.1 Å². The largest absolute Gasteiger partial charge is 0.435 e. The van der Waals surface area contributed by atoms with Crippen LogP contribution in [0.5, 0.6) is 5.75 Å². The SMILES string of the molecule is CC1(c2ccc(OC(F)F)cc2)NC(=O)N(CC(=O)c2nccs2)C1=O. The lowest BCUT2D eigenvalue weighted by molar-refractivity contribution is -0.130. The van der Waals surface area contributed by atoms with Gasteiger partial charge in [-0.15, -0.1) is 11.3 Å². The van der Waals surface area contributed by atoms with Gasteiger partial charge in [-0.1, -0.05) is 12.1 Å². The Bertz CT molecular complexity index is 842. The highest BCUT2D eigenvalue weighted by Crippen LogP contribution is 2.30. The Morgan fingerprint density at radius 2 is 2.04 bits per heavy atom. The molecule has 1 aromatic heterocycles. The van der Waals surface area contributed by atoms with E-state index in [2.05, 4.69) is 15.0 Å². The van der Waals surface area contributed by atoms with Gasteiger partial charge in [0.15, 0.2) is 5.01 Å². The average Bonchev–Trinajstić information content (AvgIpc) is 3.19. The van der Waals surface area contributed by atoms with Crippen molar-refractivity contribution in [2.75, 3.05) is 6.54 Å². The zero-order valence-electron chi connectivity index (χ0n) is 13.4. The predicted octanol–water partition coefficient (Wildman–Crippen LogP) is 2.39. The Morgan fingerprint density at radius 3 is 2.62 bits per heavy atom. The highest BCUT2D eigenvalue weighted by atomic mass is 32.1. The molecule has 0 saturated carbocycles. The van der Waals surface area contributed by atoms with Gasteiger partial charge in [-0.3, -0.25) is 14.5 Å². The molecule has 3 rings (SSSR count). The molecule has 0 radical (unpaired) electrons. The number of thiazole rings is 1. The third-order valence-electron chi connectivity index (χ3n) is 3.90. The molecule has 0 aliphatic carbocycles. The molecule has 2 aromatic rings. The van der Waals surface area contributed by atoms with Crippen molar-refractivity contribution in [1.82, 2.24) is 15.2 Å². The molecule has 10 heteroatoms. The number of carbonyl (C=O) groups is 3. The highest BCUT2D eigenvalue weighted by molar-refractivity contribution is 7.11. The molecule has 0 bridgehead atoms. The Hall–Kier alpha value is -2.88. The topological polar surface area (TPSA) is 88.6 Å². The smallest absolute Gasteiger partial charge is 0.387 e. The molecule has 1 atom stereocenters. The van der Waals surface area contributed by atoms with E-state index in [1.807, 2.05) is 0 Å². The van der Waals surface area contributed by atoms with Crippen LogP contribution in [0, 0.1) is 0 Å². The van der Waals surface area contributed by atoms with E-state index >= 15 is 0 Å². The zero-order chi connectivity index (χ0) is 18.9. The molecular weight excluding hydrogens is 368 g/mol. The number of halogens is 2. The first-order valence-electron chi connectivity index (χ1n) is 7.43. The quantitative estimate of drug-likeness (QED) is 0.613. The fourth-order valence-electron chi connectivity index (χ4n) is 2.58. The molecule has 1 saturated heterocycles. The lowest BCUT2D eigenvalue weighted by Crippen LogP contribution is -2.41. The van der Waals surface area contributed by atoms with Gasteiger partial charge in [0.2, 0.25) is 5.78 Å². The Morgan fingerprint density at radius 1 is 1.35 bits per heavy atom. The fraction of sp³-hybridized carbons (Fsp3) is 0.250. The summed E-state index contributed by atoms with van der Waals surface area (Å²) in [7, 11) is 0. The second-order valence-corrected chi connectivity index (χ2v) is 6.50. The van der Waals surface area contributed by atoms with E-state index in [4.69, 9.17) is 0 Å². The molecule has 1 N–H and O–H groups in total. The average molecular weight is 381 g/mol. The maximum atomic E-state index is 12.7. The fourth-order valence-corrected chi connectivity index (χ4v) is 3.15. The number of amides is 3. The molecule has 1 aliphatic heterocycles. The number of nitrogens with zero attached hydrogens (tertiary/aromatic N) is 2. The Balaban J connectivity index is 1.79. The number of aromatic nitrogens is 1. The highest BCUT2D eigenvalue weighted by Gasteiger charge is 2.49. The number of Topliss-reactive ketones (excluding diaryl/α,β-unsaturated/α-hetero) is 1. The normalized spacial score (nSPS) is 19.8. The Kier molecular flexibility index (Phi) is 4.68. The van der Waals surface area contributed by atoms with E-state index in [1.54, 1.807) is 5.38 Å². The predicted molar refractivity (Wildman–Crippen MR) is 87.1 cm³/mol. The van der Waals surface area contributed by atoms with Gasteiger partial charge in [0.05, 0.1) is 6.54 Å². The van der Waals surface area contributed by atoms with Crippen molar-refractivity contribution in [3.63, 3.8) is 0 Å². The summed E-state index contributed by atoms with van der Waals surface area (Å²) in [5.41, 5.74) is -1.04. The second-order valence-electron chi connectivity index (χ2n) is 5.61. The lowest BCUT2D eigenvalue weighted by Gasteiger charge is -2.22. The summed E-state index contributed by atoms with van der Waals surface area (Å²) >= 11 is 1.11. The van der Waals surface area contributed by atoms with E-state index in [-0.39, 0.29) is 10.8 Å². The third kappa shape index (κ3) is 3.27. The number of carbonyl (C=O) groups excluding carboxylic acids is 3. The van der Waals surface area contributed by atoms with Crippen molar-refractivity contribution >= 4 is 29.1 Å². The van der Waals surface area contributed by atoms with Gasteiger partial charge in [-0.05, 0) is 24.6 Å². The first kappa shape index (κ1) is 17.9. The summed E-state index contributed by atoms with van der Waals surface area (Å²) in [6.07, 6.45) is 1.46. The first-order chi connectivity index (χ1) is 12.3. The minimum Gasteiger partial charge on any atom is -0.435 e. The van der Waals surface area contributed by atoms with Crippen molar-refractivity contribution in [3.8, 4) is 5.75 Å². The van der Waals surface area contributed by atoms with Crippen LogP contribution in [0.15, 0.2) is 35.8 Å². The summed E-state index contributed by atoms with van der Waals surface area (Å²) in [6.45, 7) is -1.92. The molecule has 136 valence electrons. The van der Waals surface area contributed by atoms with E-state index in [0.717, 1.165) is 16.2 Å². The Labute approximate surface area is 150 Å². The van der Waals surface area contributed by atoms with Crippen LogP contribution in [-0.2, 0) is 10.3 Å². The number of benzene rings is 1. The molecule has 7 nitrogen and oxygen atoms in total. The van der Waals surface area contributed by atoms with Gasteiger partial charge in [0.25, 0.3) is 5.91 Å². The van der Waals surface area contributed by atoms with Crippen LogP contribution in [0.2, 0.25) is 0 Å². The number of hydrogen-bond donors (Lipinski definition) is 1. The van der Waals surface area contributed by atoms with E-state index in [9.17, 15) is 23.2 Å². The minimum absolute atomic E-state index is 0.0695. The molecule has 1 fully saturated rings. The second kappa shape index (κ2) is 6.79. The van der Waals surface area contributed by atoms with E-state index < -0.39 is 36.4 Å². The zero-order valence-corrected chi connectivity index (χ0v) is 14.3. The van der Waals surface area contributed by atoms with Gasteiger partial charge >= 0.3 is 12.6 Å². The van der Waals surface area contributed by atoms with E-state index in [0.29, 0.717) is 5.56 Å². The van der Waals surface area contributed by atoms with Gasteiger partial charge in [0.1, 0.15) is 11.3 Å². The van der Waals surface area contributed by atoms with Crippen LogP contribution >= 0.6 is 11.3 Å². The van der Waals surface area contributed by atoms with Crippen LogP contribution in [0.1, 0.15) is 22.3 Å². The number of rotatable bonds is 6. The van der Waals surface area contributed by atoms with Crippen LogP contribution in [0.4, 0.5) is 13.6 Å². The number of nitrogens with one attached hydrogen (secondary N) is 1. The lowest BCUT2D eigenvalue weighted by atomic mass is 9.92. The molecule has 3 amide bonds. The summed E-state index contributed by atoms with van der Waals surface area (Å²) in [5.74, 6) is -1.14. The molecule has 26 heavy (non-hydrogen) atoms. The molecule has 0 spiro atoms. The third-order valence-corrected chi connectivity index (χ3v) is 4.72. The number of alkyl halides is 2. The number of urea groups is 1. The molecule has 2 heterocycles. The molecular formula is C16H13F2N3O4S. The standard InChI is InChI=1S/C16H13F2N3O4S/c1-16(9-2-4-10(5-3-9)25-14(17)18)13(23)21(15(24)20-16)8-11(22)12-19-6-7-26-12/h2-7,14H,8H2,1H3,(H,20,24).